The summed E-state index contributed by atoms with van der Waals surface area (Å²) in [5, 5.41) is 2.70. The SMILES string of the molecule is CC(=O)C(=O)N1CCC[C@H]1C(=O)Nc1ccc(Br)cc1C(C)=O. The minimum atomic E-state index is -0.685. The van der Waals surface area contributed by atoms with Gasteiger partial charge in [0.25, 0.3) is 5.91 Å². The summed E-state index contributed by atoms with van der Waals surface area (Å²) in [6.45, 7) is 2.99. The van der Waals surface area contributed by atoms with Gasteiger partial charge in [-0.15, -0.1) is 0 Å². The maximum Gasteiger partial charge on any atom is 0.290 e. The van der Waals surface area contributed by atoms with Gasteiger partial charge in [0.1, 0.15) is 6.04 Å². The van der Waals surface area contributed by atoms with Crippen molar-refractivity contribution in [3.05, 3.63) is 28.2 Å². The number of Topliss-reactive ketones (excluding diaryl/α,β-unsaturated/α-hetero) is 2. The molecule has 23 heavy (non-hydrogen) atoms. The molecule has 6 nitrogen and oxygen atoms in total. The van der Waals surface area contributed by atoms with Gasteiger partial charge in [0.15, 0.2) is 5.78 Å². The van der Waals surface area contributed by atoms with E-state index in [1.165, 1.54) is 18.7 Å². The summed E-state index contributed by atoms with van der Waals surface area (Å²) in [7, 11) is 0. The molecule has 0 aromatic heterocycles. The number of carbonyl (C=O) groups excluding carboxylic acids is 4. The Balaban J connectivity index is 2.20. The van der Waals surface area contributed by atoms with Crippen LogP contribution in [0.2, 0.25) is 0 Å². The molecule has 2 rings (SSSR count). The number of hydrogen-bond acceptors (Lipinski definition) is 4. The van der Waals surface area contributed by atoms with E-state index in [1.54, 1.807) is 18.2 Å². The molecule has 1 saturated heterocycles. The smallest absolute Gasteiger partial charge is 0.290 e. The van der Waals surface area contributed by atoms with Crippen LogP contribution < -0.4 is 5.32 Å². The van der Waals surface area contributed by atoms with Crippen molar-refractivity contribution in [2.75, 3.05) is 11.9 Å². The maximum absolute atomic E-state index is 12.5. The third-order valence-electron chi connectivity index (χ3n) is 3.74. The van der Waals surface area contributed by atoms with E-state index < -0.39 is 17.7 Å². The molecule has 1 aromatic carbocycles. The van der Waals surface area contributed by atoms with Crippen LogP contribution in [0, 0.1) is 0 Å². The lowest BCUT2D eigenvalue weighted by Crippen LogP contribution is -2.45. The third kappa shape index (κ3) is 3.85. The van der Waals surface area contributed by atoms with E-state index in [2.05, 4.69) is 21.2 Å². The monoisotopic (exact) mass is 380 g/mol. The lowest BCUT2D eigenvalue weighted by atomic mass is 10.1. The number of carbonyl (C=O) groups is 4. The third-order valence-corrected chi connectivity index (χ3v) is 4.23. The molecule has 7 heteroatoms. The summed E-state index contributed by atoms with van der Waals surface area (Å²) in [5.41, 5.74) is 0.781. The molecule has 0 unspecified atom stereocenters. The highest BCUT2D eigenvalue weighted by molar-refractivity contribution is 9.10. The summed E-state index contributed by atoms with van der Waals surface area (Å²) in [6.07, 6.45) is 1.16. The van der Waals surface area contributed by atoms with Gasteiger partial charge in [-0.05, 0) is 38.0 Å². The van der Waals surface area contributed by atoms with Gasteiger partial charge in [0.05, 0.1) is 5.69 Å². The molecular weight excluding hydrogens is 364 g/mol. The van der Waals surface area contributed by atoms with E-state index in [-0.39, 0.29) is 11.7 Å². The second-order valence-corrected chi connectivity index (χ2v) is 6.36. The van der Waals surface area contributed by atoms with Crippen LogP contribution in [0.3, 0.4) is 0 Å². The van der Waals surface area contributed by atoms with Crippen molar-refractivity contribution in [2.24, 2.45) is 0 Å². The zero-order valence-corrected chi connectivity index (χ0v) is 14.5. The Hall–Kier alpha value is -2.02. The molecule has 1 aromatic rings. The lowest BCUT2D eigenvalue weighted by molar-refractivity contribution is -0.145. The Kier molecular flexibility index (Phi) is 5.30. The number of benzene rings is 1. The molecule has 1 fully saturated rings. The molecule has 1 aliphatic rings. The highest BCUT2D eigenvalue weighted by Crippen LogP contribution is 2.24. The Labute approximate surface area is 142 Å². The van der Waals surface area contributed by atoms with E-state index >= 15 is 0 Å². The van der Waals surface area contributed by atoms with Crippen LogP contribution in [0.4, 0.5) is 5.69 Å². The first kappa shape index (κ1) is 17.3. The molecule has 1 N–H and O–H groups in total. The molecule has 1 heterocycles. The molecule has 1 aliphatic heterocycles. The number of nitrogens with one attached hydrogen (secondary N) is 1. The highest BCUT2D eigenvalue weighted by atomic mass is 79.9. The van der Waals surface area contributed by atoms with Crippen LogP contribution in [-0.4, -0.2) is 40.9 Å². The summed E-state index contributed by atoms with van der Waals surface area (Å²) in [5.74, 6) is -1.80. The quantitative estimate of drug-likeness (QED) is 0.640. The van der Waals surface area contributed by atoms with Gasteiger partial charge in [-0.2, -0.15) is 0 Å². The Morgan fingerprint density at radius 1 is 1.22 bits per heavy atom. The Bertz CT molecular complexity index is 687. The normalized spacial score (nSPS) is 17.0. The number of hydrogen-bond donors (Lipinski definition) is 1. The van der Waals surface area contributed by atoms with Crippen molar-refractivity contribution in [3.8, 4) is 0 Å². The van der Waals surface area contributed by atoms with Crippen molar-refractivity contribution >= 4 is 45.0 Å². The van der Waals surface area contributed by atoms with E-state index in [4.69, 9.17) is 0 Å². The fourth-order valence-corrected chi connectivity index (χ4v) is 2.98. The summed E-state index contributed by atoms with van der Waals surface area (Å²) in [4.78, 5) is 48.6. The van der Waals surface area contributed by atoms with Crippen LogP contribution in [0.5, 0.6) is 0 Å². The Morgan fingerprint density at radius 3 is 2.52 bits per heavy atom. The van der Waals surface area contributed by atoms with Crippen LogP contribution in [-0.2, 0) is 14.4 Å². The molecule has 0 aliphatic carbocycles. The van der Waals surface area contributed by atoms with Gasteiger partial charge in [-0.25, -0.2) is 0 Å². The maximum atomic E-state index is 12.5. The number of nitrogens with zero attached hydrogens (tertiary/aromatic N) is 1. The van der Waals surface area contributed by atoms with Crippen LogP contribution in [0.15, 0.2) is 22.7 Å². The summed E-state index contributed by atoms with van der Waals surface area (Å²) >= 11 is 3.29. The van der Waals surface area contributed by atoms with Gasteiger partial charge in [0.2, 0.25) is 11.7 Å². The van der Waals surface area contributed by atoms with Crippen molar-refractivity contribution in [1.82, 2.24) is 4.90 Å². The fourth-order valence-electron chi connectivity index (χ4n) is 2.62. The molecule has 122 valence electrons. The lowest BCUT2D eigenvalue weighted by Gasteiger charge is -2.23. The second kappa shape index (κ2) is 7.04. The first-order chi connectivity index (χ1) is 10.8. The summed E-state index contributed by atoms with van der Waals surface area (Å²) < 4.78 is 0.731. The molecule has 0 saturated carbocycles. The molecule has 0 spiro atoms. The molecular formula is C16H17BrN2O4. The topological polar surface area (TPSA) is 83.6 Å². The highest BCUT2D eigenvalue weighted by Gasteiger charge is 2.35. The minimum absolute atomic E-state index is 0.176. The first-order valence-electron chi connectivity index (χ1n) is 7.24. The molecule has 2 amide bonds. The van der Waals surface area contributed by atoms with Crippen molar-refractivity contribution in [3.63, 3.8) is 0 Å². The van der Waals surface area contributed by atoms with Crippen molar-refractivity contribution < 1.29 is 19.2 Å². The Morgan fingerprint density at radius 2 is 1.91 bits per heavy atom. The number of anilines is 1. The predicted octanol–water partition coefficient (Wildman–Crippen LogP) is 2.17. The second-order valence-electron chi connectivity index (χ2n) is 5.45. The zero-order chi connectivity index (χ0) is 17.1. The van der Waals surface area contributed by atoms with Gasteiger partial charge < -0.3 is 10.2 Å². The largest absolute Gasteiger partial charge is 0.324 e. The molecule has 0 radical (unpaired) electrons. The van der Waals surface area contributed by atoms with Gasteiger partial charge in [-0.1, -0.05) is 15.9 Å². The van der Waals surface area contributed by atoms with Crippen molar-refractivity contribution in [1.29, 1.82) is 0 Å². The van der Waals surface area contributed by atoms with Crippen LogP contribution in [0.1, 0.15) is 37.0 Å². The first-order valence-corrected chi connectivity index (χ1v) is 8.03. The zero-order valence-electron chi connectivity index (χ0n) is 12.9. The minimum Gasteiger partial charge on any atom is -0.324 e. The van der Waals surface area contributed by atoms with Gasteiger partial charge >= 0.3 is 0 Å². The standard InChI is InChI=1S/C16H17BrN2O4/c1-9(20)12-8-11(17)5-6-13(12)18-15(22)14-4-3-7-19(14)16(23)10(2)21/h5-6,8,14H,3-4,7H2,1-2H3,(H,18,22)/t14-/m0/s1. The van der Waals surface area contributed by atoms with Crippen LogP contribution >= 0.6 is 15.9 Å². The predicted molar refractivity (Wildman–Crippen MR) is 88.2 cm³/mol. The number of amides is 2. The van der Waals surface area contributed by atoms with Gasteiger partial charge in [-0.3, -0.25) is 19.2 Å². The number of likely N-dealkylation sites (tertiary alicyclic amines) is 1. The van der Waals surface area contributed by atoms with E-state index in [9.17, 15) is 19.2 Å². The fraction of sp³-hybridized carbons (Fsp3) is 0.375. The molecule has 0 bridgehead atoms. The average molecular weight is 381 g/mol. The van der Waals surface area contributed by atoms with E-state index in [0.717, 1.165) is 4.47 Å². The number of rotatable bonds is 4. The van der Waals surface area contributed by atoms with Gasteiger partial charge in [0, 0.05) is 23.5 Å². The van der Waals surface area contributed by atoms with E-state index in [1.807, 2.05) is 0 Å². The number of ketones is 2. The van der Waals surface area contributed by atoms with Crippen LogP contribution in [0.25, 0.3) is 0 Å². The molecule has 1 atom stereocenters. The average Bonchev–Trinajstić information content (AvgIpc) is 2.97. The number of halogens is 1. The summed E-state index contributed by atoms with van der Waals surface area (Å²) in [6, 6.07) is 4.29. The van der Waals surface area contributed by atoms with Crippen molar-refractivity contribution in [2.45, 2.75) is 32.7 Å². The van der Waals surface area contributed by atoms with E-state index in [0.29, 0.717) is 30.6 Å².